The van der Waals surface area contributed by atoms with Gasteiger partial charge < -0.3 is 24.3 Å². The van der Waals surface area contributed by atoms with Crippen LogP contribution in [0.4, 0.5) is 0 Å². The highest BCUT2D eigenvalue weighted by Gasteiger charge is 2.31. The molecule has 2 atom stereocenters. The SMILES string of the molecule is COc1cc(C(C#N)NC(=O)C2Cc3ccccc3O2)cc(OC)c1OC. The fourth-order valence-corrected chi connectivity index (χ4v) is 3.02. The highest BCUT2D eigenvalue weighted by Crippen LogP contribution is 2.39. The maximum Gasteiger partial charge on any atom is 0.262 e. The zero-order chi connectivity index (χ0) is 19.4. The fraction of sp³-hybridized carbons (Fsp3) is 0.300. The summed E-state index contributed by atoms with van der Waals surface area (Å²) in [6.45, 7) is 0. The molecule has 2 unspecified atom stereocenters. The van der Waals surface area contributed by atoms with Crippen LogP contribution in [0.5, 0.6) is 23.0 Å². The number of hydrogen-bond donors (Lipinski definition) is 1. The summed E-state index contributed by atoms with van der Waals surface area (Å²) in [5.41, 5.74) is 1.50. The lowest BCUT2D eigenvalue weighted by atomic mass is 10.1. The molecule has 1 N–H and O–H groups in total. The van der Waals surface area contributed by atoms with Gasteiger partial charge in [0.2, 0.25) is 5.75 Å². The van der Waals surface area contributed by atoms with Crippen molar-refractivity contribution in [1.29, 1.82) is 5.26 Å². The van der Waals surface area contributed by atoms with Crippen LogP contribution in [0.1, 0.15) is 17.2 Å². The molecular weight excluding hydrogens is 348 g/mol. The van der Waals surface area contributed by atoms with E-state index >= 15 is 0 Å². The lowest BCUT2D eigenvalue weighted by molar-refractivity contribution is -0.127. The Labute approximate surface area is 157 Å². The summed E-state index contributed by atoms with van der Waals surface area (Å²) >= 11 is 0. The second-order valence-electron chi connectivity index (χ2n) is 5.95. The third kappa shape index (κ3) is 3.60. The van der Waals surface area contributed by atoms with Crippen molar-refractivity contribution in [2.75, 3.05) is 21.3 Å². The van der Waals surface area contributed by atoms with Gasteiger partial charge in [-0.15, -0.1) is 0 Å². The molecule has 0 bridgehead atoms. The molecule has 0 spiro atoms. The zero-order valence-corrected chi connectivity index (χ0v) is 15.3. The van der Waals surface area contributed by atoms with Crippen LogP contribution in [0.3, 0.4) is 0 Å². The Morgan fingerprint density at radius 3 is 2.41 bits per heavy atom. The first kappa shape index (κ1) is 18.4. The molecule has 3 rings (SSSR count). The van der Waals surface area contributed by atoms with Crippen molar-refractivity contribution in [3.05, 3.63) is 47.5 Å². The normalized spacial score (nSPS) is 15.7. The number of nitrogens with one attached hydrogen (secondary N) is 1. The van der Waals surface area contributed by atoms with E-state index in [0.717, 1.165) is 5.56 Å². The first-order valence-electron chi connectivity index (χ1n) is 8.35. The van der Waals surface area contributed by atoms with Gasteiger partial charge in [-0.25, -0.2) is 0 Å². The number of carbonyl (C=O) groups is 1. The minimum atomic E-state index is -0.890. The van der Waals surface area contributed by atoms with Crippen LogP contribution >= 0.6 is 0 Å². The summed E-state index contributed by atoms with van der Waals surface area (Å²) in [5, 5.41) is 12.3. The number of para-hydroxylation sites is 1. The third-order valence-electron chi connectivity index (χ3n) is 4.38. The smallest absolute Gasteiger partial charge is 0.262 e. The molecule has 7 heteroatoms. The minimum absolute atomic E-state index is 0.355. The van der Waals surface area contributed by atoms with Gasteiger partial charge in [0.15, 0.2) is 17.6 Å². The monoisotopic (exact) mass is 368 g/mol. The Kier molecular flexibility index (Phi) is 5.36. The predicted molar refractivity (Wildman–Crippen MR) is 97.2 cm³/mol. The molecule has 2 aromatic carbocycles. The number of methoxy groups -OCH3 is 3. The van der Waals surface area contributed by atoms with E-state index in [0.29, 0.717) is 35.0 Å². The van der Waals surface area contributed by atoms with E-state index in [9.17, 15) is 10.1 Å². The number of amides is 1. The van der Waals surface area contributed by atoms with Crippen LogP contribution in [0.2, 0.25) is 0 Å². The Morgan fingerprint density at radius 1 is 1.19 bits per heavy atom. The quantitative estimate of drug-likeness (QED) is 0.842. The van der Waals surface area contributed by atoms with Crippen molar-refractivity contribution < 1.29 is 23.7 Å². The van der Waals surface area contributed by atoms with E-state index in [1.54, 1.807) is 12.1 Å². The number of rotatable bonds is 6. The highest BCUT2D eigenvalue weighted by molar-refractivity contribution is 5.83. The lowest BCUT2D eigenvalue weighted by Crippen LogP contribution is -2.39. The van der Waals surface area contributed by atoms with E-state index < -0.39 is 12.1 Å². The molecule has 0 aliphatic carbocycles. The molecule has 1 amide bonds. The number of ether oxygens (including phenoxy) is 4. The first-order valence-corrected chi connectivity index (χ1v) is 8.35. The number of hydrogen-bond acceptors (Lipinski definition) is 6. The Morgan fingerprint density at radius 2 is 1.85 bits per heavy atom. The number of fused-ring (bicyclic) bond motifs is 1. The van der Waals surface area contributed by atoms with Crippen molar-refractivity contribution in [2.45, 2.75) is 18.6 Å². The van der Waals surface area contributed by atoms with Gasteiger partial charge in [-0.05, 0) is 29.3 Å². The molecule has 0 fully saturated rings. The predicted octanol–water partition coefficient (Wildman–Crippen LogP) is 2.40. The molecule has 0 saturated carbocycles. The van der Waals surface area contributed by atoms with E-state index in [-0.39, 0.29) is 5.91 Å². The average Bonchev–Trinajstić information content (AvgIpc) is 3.15. The topological polar surface area (TPSA) is 89.8 Å². The lowest BCUT2D eigenvalue weighted by Gasteiger charge is -2.18. The number of benzene rings is 2. The van der Waals surface area contributed by atoms with Crippen molar-refractivity contribution in [3.63, 3.8) is 0 Å². The minimum Gasteiger partial charge on any atom is -0.493 e. The standard InChI is InChI=1S/C20H20N2O5/c1-24-16-9-13(10-17(25-2)19(16)26-3)14(11-21)22-20(23)18-8-12-6-4-5-7-15(12)27-18/h4-7,9-10,14,18H,8H2,1-3H3,(H,22,23). The van der Waals surface area contributed by atoms with Crippen LogP contribution in [-0.4, -0.2) is 33.3 Å². The van der Waals surface area contributed by atoms with Crippen molar-refractivity contribution >= 4 is 5.91 Å². The maximum atomic E-state index is 12.6. The van der Waals surface area contributed by atoms with Gasteiger partial charge in [0.25, 0.3) is 5.91 Å². The second kappa shape index (κ2) is 7.87. The molecule has 2 aromatic rings. The Balaban J connectivity index is 1.80. The van der Waals surface area contributed by atoms with Crippen molar-refractivity contribution in [2.24, 2.45) is 0 Å². The van der Waals surface area contributed by atoms with E-state index in [1.165, 1.54) is 21.3 Å². The van der Waals surface area contributed by atoms with Crippen LogP contribution in [0.15, 0.2) is 36.4 Å². The Bertz CT molecular complexity index is 840. The molecule has 0 aromatic heterocycles. The fourth-order valence-electron chi connectivity index (χ4n) is 3.02. The van der Waals surface area contributed by atoms with E-state index in [2.05, 4.69) is 11.4 Å². The average molecular weight is 368 g/mol. The van der Waals surface area contributed by atoms with Crippen LogP contribution < -0.4 is 24.3 Å². The molecule has 0 radical (unpaired) electrons. The number of carbonyl (C=O) groups excluding carboxylic acids is 1. The van der Waals surface area contributed by atoms with Crippen molar-refractivity contribution in [1.82, 2.24) is 5.32 Å². The summed E-state index contributed by atoms with van der Waals surface area (Å²) in [6.07, 6.45) is -0.199. The molecule has 27 heavy (non-hydrogen) atoms. The van der Waals surface area contributed by atoms with Crippen molar-refractivity contribution in [3.8, 4) is 29.1 Å². The summed E-state index contributed by atoms with van der Waals surface area (Å²) < 4.78 is 21.6. The van der Waals surface area contributed by atoms with Gasteiger partial charge in [-0.2, -0.15) is 5.26 Å². The number of nitriles is 1. The number of nitrogens with zero attached hydrogens (tertiary/aromatic N) is 1. The summed E-state index contributed by atoms with van der Waals surface area (Å²) in [6, 6.07) is 12.0. The van der Waals surface area contributed by atoms with Gasteiger partial charge >= 0.3 is 0 Å². The van der Waals surface area contributed by atoms with E-state index in [4.69, 9.17) is 18.9 Å². The molecule has 7 nitrogen and oxygen atoms in total. The molecule has 1 aliphatic heterocycles. The summed E-state index contributed by atoms with van der Waals surface area (Å²) in [5.74, 6) is 1.57. The van der Waals surface area contributed by atoms with Gasteiger partial charge in [-0.3, -0.25) is 4.79 Å². The van der Waals surface area contributed by atoms with Gasteiger partial charge in [0, 0.05) is 6.42 Å². The second-order valence-corrected chi connectivity index (χ2v) is 5.95. The molecule has 0 saturated heterocycles. The first-order chi connectivity index (χ1) is 13.1. The highest BCUT2D eigenvalue weighted by atomic mass is 16.5. The van der Waals surface area contributed by atoms with Crippen LogP contribution in [0, 0.1) is 11.3 Å². The van der Waals surface area contributed by atoms with Gasteiger partial charge in [-0.1, -0.05) is 18.2 Å². The molecule has 140 valence electrons. The van der Waals surface area contributed by atoms with Crippen LogP contribution in [-0.2, 0) is 11.2 Å². The van der Waals surface area contributed by atoms with Crippen LogP contribution in [0.25, 0.3) is 0 Å². The Hall–Kier alpha value is -3.40. The molecular formula is C20H20N2O5. The summed E-state index contributed by atoms with van der Waals surface area (Å²) in [4.78, 5) is 12.6. The molecule has 1 aliphatic rings. The largest absolute Gasteiger partial charge is 0.493 e. The van der Waals surface area contributed by atoms with Gasteiger partial charge in [0.05, 0.1) is 27.4 Å². The third-order valence-corrected chi connectivity index (χ3v) is 4.38. The van der Waals surface area contributed by atoms with E-state index in [1.807, 2.05) is 24.3 Å². The molecule has 1 heterocycles. The zero-order valence-electron chi connectivity index (χ0n) is 15.3. The maximum absolute atomic E-state index is 12.6. The summed E-state index contributed by atoms with van der Waals surface area (Å²) in [7, 11) is 4.48. The van der Waals surface area contributed by atoms with Gasteiger partial charge in [0.1, 0.15) is 11.8 Å².